The van der Waals surface area contributed by atoms with Crippen molar-refractivity contribution in [3.05, 3.63) is 30.2 Å². The number of piperidine rings is 1. The van der Waals surface area contributed by atoms with E-state index in [9.17, 15) is 4.79 Å². The second-order valence-corrected chi connectivity index (χ2v) is 4.99. The van der Waals surface area contributed by atoms with E-state index in [1.807, 2.05) is 17.0 Å². The Hall–Kier alpha value is -2.04. The Morgan fingerprint density at radius 1 is 1.53 bits per heavy atom. The van der Waals surface area contributed by atoms with E-state index in [0.29, 0.717) is 17.5 Å². The van der Waals surface area contributed by atoms with E-state index in [0.717, 1.165) is 25.1 Å². The van der Waals surface area contributed by atoms with Crippen molar-refractivity contribution in [1.82, 2.24) is 15.1 Å². The van der Waals surface area contributed by atoms with Gasteiger partial charge in [0.1, 0.15) is 5.69 Å². The Bertz CT molecular complexity index is 559. The van der Waals surface area contributed by atoms with Gasteiger partial charge in [0.2, 0.25) is 0 Å². The van der Waals surface area contributed by atoms with Crippen LogP contribution in [0.1, 0.15) is 36.7 Å². The number of nitrogens with zero attached hydrogens (tertiary/aromatic N) is 2. The van der Waals surface area contributed by atoms with Crippen molar-refractivity contribution in [3.8, 4) is 11.5 Å². The minimum atomic E-state index is 0.00116. The Morgan fingerprint density at radius 2 is 2.42 bits per heavy atom. The van der Waals surface area contributed by atoms with Crippen LogP contribution < -0.4 is 0 Å². The number of likely N-dealkylation sites (tertiary alicyclic amines) is 1. The van der Waals surface area contributed by atoms with Crippen LogP contribution in [0, 0.1) is 0 Å². The fourth-order valence-electron chi connectivity index (χ4n) is 2.54. The lowest BCUT2D eigenvalue weighted by molar-refractivity contribution is 0.0629. The van der Waals surface area contributed by atoms with Crippen molar-refractivity contribution in [1.29, 1.82) is 0 Å². The van der Waals surface area contributed by atoms with E-state index < -0.39 is 0 Å². The monoisotopic (exact) mass is 259 g/mol. The predicted molar refractivity (Wildman–Crippen MR) is 70.6 cm³/mol. The van der Waals surface area contributed by atoms with Crippen LogP contribution in [0.2, 0.25) is 0 Å². The van der Waals surface area contributed by atoms with E-state index in [1.54, 1.807) is 12.3 Å². The van der Waals surface area contributed by atoms with Crippen LogP contribution in [-0.2, 0) is 0 Å². The number of amides is 1. The summed E-state index contributed by atoms with van der Waals surface area (Å²) in [4.78, 5) is 14.3. The van der Waals surface area contributed by atoms with Gasteiger partial charge in [-0.25, -0.2) is 0 Å². The first-order chi connectivity index (χ1) is 9.25. The maximum Gasteiger partial charge on any atom is 0.274 e. The van der Waals surface area contributed by atoms with Crippen LogP contribution in [0.5, 0.6) is 0 Å². The van der Waals surface area contributed by atoms with Crippen molar-refractivity contribution in [2.75, 3.05) is 6.54 Å². The van der Waals surface area contributed by atoms with Crippen molar-refractivity contribution in [2.24, 2.45) is 0 Å². The number of nitrogens with one attached hydrogen (secondary N) is 1. The highest BCUT2D eigenvalue weighted by molar-refractivity contribution is 5.93. The molecule has 19 heavy (non-hydrogen) atoms. The molecule has 1 saturated heterocycles. The van der Waals surface area contributed by atoms with Gasteiger partial charge in [-0.15, -0.1) is 0 Å². The summed E-state index contributed by atoms with van der Waals surface area (Å²) in [5.41, 5.74) is 1.19. The lowest BCUT2D eigenvalue weighted by atomic mass is 10.0. The Morgan fingerprint density at radius 3 is 3.16 bits per heavy atom. The molecule has 5 heteroatoms. The van der Waals surface area contributed by atoms with Crippen molar-refractivity contribution in [3.63, 3.8) is 0 Å². The summed E-state index contributed by atoms with van der Waals surface area (Å²) >= 11 is 0. The van der Waals surface area contributed by atoms with Crippen molar-refractivity contribution >= 4 is 5.91 Å². The first kappa shape index (κ1) is 12.0. The number of aromatic amines is 1. The van der Waals surface area contributed by atoms with Crippen molar-refractivity contribution < 1.29 is 9.21 Å². The lowest BCUT2D eigenvalue weighted by Crippen LogP contribution is -2.42. The number of hydrogen-bond acceptors (Lipinski definition) is 3. The minimum Gasteiger partial charge on any atom is -0.463 e. The molecule has 1 aliphatic rings. The molecule has 5 nitrogen and oxygen atoms in total. The Kier molecular flexibility index (Phi) is 3.11. The van der Waals surface area contributed by atoms with Gasteiger partial charge < -0.3 is 9.32 Å². The molecule has 1 fully saturated rings. The zero-order valence-corrected chi connectivity index (χ0v) is 10.9. The average molecular weight is 259 g/mol. The van der Waals surface area contributed by atoms with Gasteiger partial charge in [-0.1, -0.05) is 0 Å². The Labute approximate surface area is 111 Å². The van der Waals surface area contributed by atoms with E-state index in [4.69, 9.17) is 4.42 Å². The van der Waals surface area contributed by atoms with E-state index in [-0.39, 0.29) is 5.91 Å². The molecule has 0 spiro atoms. The zero-order chi connectivity index (χ0) is 13.2. The third kappa shape index (κ3) is 2.28. The fraction of sp³-hybridized carbons (Fsp3) is 0.429. The number of H-pyrrole nitrogens is 1. The molecule has 2 aromatic rings. The quantitative estimate of drug-likeness (QED) is 0.901. The number of furan rings is 1. The number of aromatic nitrogens is 2. The molecule has 1 amide bonds. The maximum absolute atomic E-state index is 12.4. The minimum absolute atomic E-state index is 0.00116. The molecule has 0 radical (unpaired) electrons. The van der Waals surface area contributed by atoms with Crippen LogP contribution in [0.15, 0.2) is 28.9 Å². The summed E-state index contributed by atoms with van der Waals surface area (Å²) in [6.07, 6.45) is 4.94. The fourth-order valence-corrected chi connectivity index (χ4v) is 2.54. The highest BCUT2D eigenvalue weighted by Gasteiger charge is 2.26. The summed E-state index contributed by atoms with van der Waals surface area (Å²) in [6.45, 7) is 2.92. The van der Waals surface area contributed by atoms with Crippen LogP contribution in [0.25, 0.3) is 11.5 Å². The molecule has 1 N–H and O–H groups in total. The van der Waals surface area contributed by atoms with Gasteiger partial charge in [0.15, 0.2) is 11.5 Å². The standard InChI is InChI=1S/C14H17N3O2/c1-10-5-2-3-7-17(10)14(18)12-9-11(15-16-12)13-6-4-8-19-13/h4,6,8-10H,2-3,5,7H2,1H3,(H,15,16). The second-order valence-electron chi connectivity index (χ2n) is 4.99. The van der Waals surface area contributed by atoms with Crippen LogP contribution >= 0.6 is 0 Å². The molecule has 2 aromatic heterocycles. The molecule has 3 heterocycles. The third-order valence-corrected chi connectivity index (χ3v) is 3.65. The molecule has 1 aliphatic heterocycles. The van der Waals surface area contributed by atoms with Gasteiger partial charge in [0.05, 0.1) is 6.26 Å². The molecule has 0 saturated carbocycles. The van der Waals surface area contributed by atoms with Gasteiger partial charge in [0.25, 0.3) is 5.91 Å². The van der Waals surface area contributed by atoms with Crippen LogP contribution in [0.3, 0.4) is 0 Å². The topological polar surface area (TPSA) is 62.1 Å². The predicted octanol–water partition coefficient (Wildman–Crippen LogP) is 2.68. The smallest absolute Gasteiger partial charge is 0.274 e. The van der Waals surface area contributed by atoms with E-state index in [2.05, 4.69) is 17.1 Å². The normalized spacial score (nSPS) is 19.6. The largest absolute Gasteiger partial charge is 0.463 e. The number of carbonyl (C=O) groups is 1. The SMILES string of the molecule is CC1CCCCN1C(=O)c1cc(-c2ccco2)[nH]n1. The highest BCUT2D eigenvalue weighted by atomic mass is 16.3. The number of hydrogen-bond donors (Lipinski definition) is 1. The van der Waals surface area contributed by atoms with Crippen LogP contribution in [-0.4, -0.2) is 33.6 Å². The van der Waals surface area contributed by atoms with Crippen LogP contribution in [0.4, 0.5) is 0 Å². The second kappa shape index (κ2) is 4.91. The molecule has 3 rings (SSSR count). The first-order valence-corrected chi connectivity index (χ1v) is 6.66. The maximum atomic E-state index is 12.4. The highest BCUT2D eigenvalue weighted by Crippen LogP contribution is 2.21. The summed E-state index contributed by atoms with van der Waals surface area (Å²) in [7, 11) is 0. The van der Waals surface area contributed by atoms with Gasteiger partial charge in [-0.05, 0) is 38.3 Å². The molecule has 0 aliphatic carbocycles. The van der Waals surface area contributed by atoms with Gasteiger partial charge in [-0.3, -0.25) is 9.89 Å². The molecule has 0 bridgehead atoms. The molecule has 0 aromatic carbocycles. The summed E-state index contributed by atoms with van der Waals surface area (Å²) in [5.74, 6) is 0.694. The summed E-state index contributed by atoms with van der Waals surface area (Å²) < 4.78 is 5.28. The summed E-state index contributed by atoms with van der Waals surface area (Å²) in [6, 6.07) is 5.70. The molecule has 1 unspecified atom stereocenters. The average Bonchev–Trinajstić information content (AvgIpc) is 3.09. The number of carbonyl (C=O) groups excluding carboxylic acids is 1. The Balaban J connectivity index is 1.80. The van der Waals surface area contributed by atoms with Gasteiger partial charge in [0, 0.05) is 18.7 Å². The van der Waals surface area contributed by atoms with E-state index >= 15 is 0 Å². The van der Waals surface area contributed by atoms with Gasteiger partial charge in [-0.2, -0.15) is 5.10 Å². The molecule has 100 valence electrons. The lowest BCUT2D eigenvalue weighted by Gasteiger charge is -2.32. The molecular weight excluding hydrogens is 242 g/mol. The van der Waals surface area contributed by atoms with Crippen molar-refractivity contribution in [2.45, 2.75) is 32.2 Å². The number of rotatable bonds is 2. The van der Waals surface area contributed by atoms with Gasteiger partial charge >= 0.3 is 0 Å². The van der Waals surface area contributed by atoms with E-state index in [1.165, 1.54) is 6.42 Å². The molecule has 1 atom stereocenters. The zero-order valence-electron chi connectivity index (χ0n) is 10.9. The summed E-state index contributed by atoms with van der Waals surface area (Å²) in [5, 5.41) is 6.96. The molecular formula is C14H17N3O2. The first-order valence-electron chi connectivity index (χ1n) is 6.66. The third-order valence-electron chi connectivity index (χ3n) is 3.65.